The average Bonchev–Trinajstić information content (AvgIpc) is 2.72. The highest BCUT2D eigenvalue weighted by atomic mass is 35.5. The number of nitrogens with one attached hydrogen (secondary N) is 1. The van der Waals surface area contributed by atoms with Crippen molar-refractivity contribution in [2.75, 3.05) is 7.11 Å². The van der Waals surface area contributed by atoms with E-state index in [0.29, 0.717) is 21.5 Å². The number of pyridine rings is 1. The number of aromatic nitrogens is 1. The van der Waals surface area contributed by atoms with Crippen LogP contribution in [0.2, 0.25) is 5.02 Å². The first-order valence-corrected chi connectivity index (χ1v) is 10.8. The third-order valence-corrected chi connectivity index (χ3v) is 6.01. The van der Waals surface area contributed by atoms with E-state index in [9.17, 15) is 17.8 Å². The number of hydrogen-bond donors (Lipinski definition) is 2. The van der Waals surface area contributed by atoms with E-state index in [4.69, 9.17) is 16.3 Å². The van der Waals surface area contributed by atoms with Gasteiger partial charge in [-0.1, -0.05) is 23.7 Å². The molecule has 4 rings (SSSR count). The molecular weight excluding hydrogens is 445 g/mol. The van der Waals surface area contributed by atoms with Gasteiger partial charge >= 0.3 is 0 Å². The van der Waals surface area contributed by atoms with Crippen LogP contribution in [0.25, 0.3) is 33.2 Å². The van der Waals surface area contributed by atoms with Gasteiger partial charge in [0, 0.05) is 38.7 Å². The van der Waals surface area contributed by atoms with E-state index in [0.717, 1.165) is 12.1 Å². The fourth-order valence-corrected chi connectivity index (χ4v) is 4.32. The van der Waals surface area contributed by atoms with Crippen LogP contribution < -0.4 is 10.3 Å². The summed E-state index contributed by atoms with van der Waals surface area (Å²) in [5.41, 5.74) is 0.800. The Balaban J connectivity index is 2.07. The average molecular weight is 460 g/mol. The summed E-state index contributed by atoms with van der Waals surface area (Å²) < 4.78 is 54.6. The molecule has 9 heteroatoms. The summed E-state index contributed by atoms with van der Waals surface area (Å²) >= 11 is 5.91. The molecule has 3 aromatic carbocycles. The molecule has 2 N–H and O–H groups in total. The Labute approximate surface area is 181 Å². The second-order valence-corrected chi connectivity index (χ2v) is 8.56. The summed E-state index contributed by atoms with van der Waals surface area (Å²) in [5.74, 6) is -0.462. The van der Waals surface area contributed by atoms with Crippen LogP contribution in [0, 0.1) is 5.82 Å². The van der Waals surface area contributed by atoms with E-state index in [1.807, 2.05) is 0 Å². The van der Waals surface area contributed by atoms with Gasteiger partial charge in [-0.05, 0) is 48.0 Å². The molecule has 6 nitrogen and oxygen atoms in total. The van der Waals surface area contributed by atoms with Crippen molar-refractivity contribution in [1.29, 1.82) is 0 Å². The number of H-pyrrole nitrogens is 1. The smallest absolute Gasteiger partial charge is 0.295 e. The van der Waals surface area contributed by atoms with Gasteiger partial charge in [0.2, 0.25) is 5.56 Å². The molecule has 31 heavy (non-hydrogen) atoms. The van der Waals surface area contributed by atoms with Crippen molar-refractivity contribution >= 4 is 32.6 Å². The maximum absolute atomic E-state index is 15.2. The van der Waals surface area contributed by atoms with Crippen molar-refractivity contribution in [1.82, 2.24) is 4.98 Å². The zero-order chi connectivity index (χ0) is 22.3. The second-order valence-electron chi connectivity index (χ2n) is 6.74. The lowest BCUT2D eigenvalue weighted by Gasteiger charge is -2.16. The number of halogens is 2. The van der Waals surface area contributed by atoms with Crippen LogP contribution in [0.5, 0.6) is 5.75 Å². The molecule has 0 saturated carbocycles. The Bertz CT molecular complexity index is 1480. The molecule has 158 valence electrons. The quantitative estimate of drug-likeness (QED) is 0.423. The number of fused-ring (bicyclic) bond motifs is 1. The molecule has 0 bridgehead atoms. The lowest BCUT2D eigenvalue weighted by Crippen LogP contribution is -2.06. The van der Waals surface area contributed by atoms with E-state index in [2.05, 4.69) is 4.98 Å². The summed E-state index contributed by atoms with van der Waals surface area (Å²) in [7, 11) is -3.31. The monoisotopic (exact) mass is 459 g/mol. The van der Waals surface area contributed by atoms with E-state index >= 15 is 4.39 Å². The van der Waals surface area contributed by atoms with Gasteiger partial charge < -0.3 is 9.72 Å². The highest BCUT2D eigenvalue weighted by Gasteiger charge is 2.24. The fraction of sp³-hybridized carbons (Fsp3) is 0.0455. The third-order valence-electron chi connectivity index (χ3n) is 4.86. The second kappa shape index (κ2) is 7.81. The molecule has 0 spiro atoms. The van der Waals surface area contributed by atoms with Crippen LogP contribution in [-0.4, -0.2) is 25.1 Å². The SMILES string of the molecule is COc1cc(-c2ccc(Cl)cc2)c(F)cc1-c1c(S(=O)(=O)O)ccc2[nH]c(=O)ccc12. The van der Waals surface area contributed by atoms with Gasteiger partial charge in [0.25, 0.3) is 10.1 Å². The molecule has 0 amide bonds. The molecular formula is C22H15ClFNO5S. The van der Waals surface area contributed by atoms with Gasteiger partial charge in [0.05, 0.1) is 7.11 Å². The van der Waals surface area contributed by atoms with E-state index < -0.39 is 26.4 Å². The van der Waals surface area contributed by atoms with E-state index in [-0.39, 0.29) is 22.4 Å². The summed E-state index contributed by atoms with van der Waals surface area (Å²) in [6.45, 7) is 0. The fourth-order valence-electron chi connectivity index (χ4n) is 3.48. The summed E-state index contributed by atoms with van der Waals surface area (Å²) in [5, 5.41) is 0.793. The lowest BCUT2D eigenvalue weighted by molar-refractivity contribution is 0.415. The van der Waals surface area contributed by atoms with E-state index in [1.54, 1.807) is 24.3 Å². The normalized spacial score (nSPS) is 11.6. The zero-order valence-electron chi connectivity index (χ0n) is 16.0. The predicted octanol–water partition coefficient (Wildman–Crippen LogP) is 4.91. The van der Waals surface area contributed by atoms with Crippen molar-refractivity contribution in [3.8, 4) is 28.0 Å². The van der Waals surface area contributed by atoms with Gasteiger partial charge in [-0.15, -0.1) is 0 Å². The lowest BCUT2D eigenvalue weighted by atomic mass is 9.96. The molecule has 4 aromatic rings. The molecule has 1 heterocycles. The van der Waals surface area contributed by atoms with E-state index in [1.165, 1.54) is 31.4 Å². The van der Waals surface area contributed by atoms with Crippen molar-refractivity contribution in [3.63, 3.8) is 0 Å². The van der Waals surface area contributed by atoms with Crippen LogP contribution in [0.4, 0.5) is 4.39 Å². The van der Waals surface area contributed by atoms with Gasteiger partial charge in [-0.25, -0.2) is 4.39 Å². The predicted molar refractivity (Wildman–Crippen MR) is 117 cm³/mol. The molecule has 0 unspecified atom stereocenters. The summed E-state index contributed by atoms with van der Waals surface area (Å²) in [6, 6.07) is 14.2. The highest BCUT2D eigenvalue weighted by Crippen LogP contribution is 2.42. The molecule has 0 atom stereocenters. The first kappa shape index (κ1) is 21.0. The minimum absolute atomic E-state index is 0.00894. The minimum atomic E-state index is -4.67. The number of rotatable bonds is 4. The summed E-state index contributed by atoms with van der Waals surface area (Å²) in [4.78, 5) is 13.9. The van der Waals surface area contributed by atoms with Gasteiger partial charge in [0.1, 0.15) is 16.5 Å². The number of aromatic amines is 1. The minimum Gasteiger partial charge on any atom is -0.496 e. The first-order chi connectivity index (χ1) is 14.7. The molecule has 0 fully saturated rings. The molecule has 0 aliphatic heterocycles. The van der Waals surface area contributed by atoms with Gasteiger partial charge in [-0.3, -0.25) is 9.35 Å². The first-order valence-electron chi connectivity index (χ1n) is 8.96. The van der Waals surface area contributed by atoms with Crippen LogP contribution >= 0.6 is 11.6 Å². The van der Waals surface area contributed by atoms with Crippen LogP contribution in [0.3, 0.4) is 0 Å². The Kier molecular flexibility index (Phi) is 5.30. The van der Waals surface area contributed by atoms with Crippen LogP contribution in [-0.2, 0) is 10.1 Å². The zero-order valence-corrected chi connectivity index (χ0v) is 17.6. The number of hydrogen-bond acceptors (Lipinski definition) is 4. The summed E-state index contributed by atoms with van der Waals surface area (Å²) in [6.07, 6.45) is 0. The largest absolute Gasteiger partial charge is 0.496 e. The Hall–Kier alpha value is -3.20. The van der Waals surface area contributed by atoms with Gasteiger partial charge in [0.15, 0.2) is 0 Å². The molecule has 0 aliphatic rings. The maximum atomic E-state index is 15.2. The topological polar surface area (TPSA) is 96.5 Å². The highest BCUT2D eigenvalue weighted by molar-refractivity contribution is 7.86. The van der Waals surface area contributed by atoms with Crippen LogP contribution in [0.1, 0.15) is 0 Å². The Morgan fingerprint density at radius 3 is 2.35 bits per heavy atom. The van der Waals surface area contributed by atoms with Crippen LogP contribution in [0.15, 0.2) is 70.4 Å². The molecule has 0 saturated heterocycles. The Morgan fingerprint density at radius 2 is 1.71 bits per heavy atom. The third kappa shape index (κ3) is 3.93. The van der Waals surface area contributed by atoms with Crippen molar-refractivity contribution < 1.29 is 22.1 Å². The molecule has 0 radical (unpaired) electrons. The maximum Gasteiger partial charge on any atom is 0.295 e. The van der Waals surface area contributed by atoms with Crippen molar-refractivity contribution in [2.24, 2.45) is 0 Å². The van der Waals surface area contributed by atoms with Gasteiger partial charge in [-0.2, -0.15) is 8.42 Å². The molecule has 1 aromatic heterocycles. The number of ether oxygens (including phenoxy) is 1. The standard InChI is InChI=1S/C22H15ClFNO5S/c1-30-19-11-15(12-2-4-13(23)5-3-12)17(24)10-16(19)22-14-6-9-21(26)25-18(14)7-8-20(22)31(27,28)29/h2-11H,1H3,(H,25,26)(H,27,28,29). The number of methoxy groups -OCH3 is 1. The Morgan fingerprint density at radius 1 is 1.00 bits per heavy atom. The van der Waals surface area contributed by atoms with Crippen molar-refractivity contribution in [3.05, 3.63) is 81.9 Å². The van der Waals surface area contributed by atoms with Crippen molar-refractivity contribution in [2.45, 2.75) is 4.90 Å². The number of benzene rings is 3. The molecule has 0 aliphatic carbocycles.